The number of likely N-dealkylation sites (N-methyl/N-ethyl adjacent to an activating group) is 1. The van der Waals surface area contributed by atoms with E-state index in [4.69, 9.17) is 0 Å². The largest absolute Gasteiger partial charge is 0.761 e. The smallest absolute Gasteiger partial charge is 0.0387 e. The number of hydrogen-bond donors (Lipinski definition) is 1. The van der Waals surface area contributed by atoms with Gasteiger partial charge in [-0.3, -0.25) is 0 Å². The van der Waals surface area contributed by atoms with E-state index in [1.165, 1.54) is 6.42 Å². The first kappa shape index (κ1) is 11.2. The van der Waals surface area contributed by atoms with Crippen molar-refractivity contribution in [2.75, 3.05) is 37.6 Å². The third kappa shape index (κ3) is 2.28. The molecule has 1 aromatic rings. The molecule has 88 valence electrons. The highest BCUT2D eigenvalue weighted by Gasteiger charge is 2.23. The Morgan fingerprint density at radius 1 is 1.44 bits per heavy atom. The van der Waals surface area contributed by atoms with Crippen LogP contribution in [0.3, 0.4) is 0 Å². The molecule has 1 N–H and O–H groups in total. The molecule has 1 saturated heterocycles. The van der Waals surface area contributed by atoms with E-state index >= 15 is 0 Å². The van der Waals surface area contributed by atoms with E-state index in [9.17, 15) is 5.21 Å². The molecule has 1 fully saturated rings. The Morgan fingerprint density at radius 2 is 2.25 bits per heavy atom. The highest BCUT2D eigenvalue weighted by atomic mass is 16.5. The van der Waals surface area contributed by atoms with Gasteiger partial charge >= 0.3 is 0 Å². The van der Waals surface area contributed by atoms with Crippen molar-refractivity contribution in [3.8, 4) is 0 Å². The molecule has 1 atom stereocenters. The van der Waals surface area contributed by atoms with Crippen molar-refractivity contribution in [3.63, 3.8) is 0 Å². The molecule has 1 aromatic carbocycles. The summed E-state index contributed by atoms with van der Waals surface area (Å²) in [4.78, 5) is 4.58. The zero-order chi connectivity index (χ0) is 11.5. The minimum absolute atomic E-state index is 0.615. The van der Waals surface area contributed by atoms with Gasteiger partial charge in [-0.25, -0.2) is 0 Å². The molecule has 0 radical (unpaired) electrons. The van der Waals surface area contributed by atoms with E-state index in [0.717, 1.165) is 18.8 Å². The Morgan fingerprint density at radius 3 is 2.88 bits per heavy atom. The van der Waals surface area contributed by atoms with Crippen LogP contribution in [0.2, 0.25) is 0 Å². The van der Waals surface area contributed by atoms with Crippen LogP contribution in [0.1, 0.15) is 6.42 Å². The zero-order valence-corrected chi connectivity index (χ0v) is 9.81. The molecule has 0 amide bonds. The van der Waals surface area contributed by atoms with Crippen molar-refractivity contribution in [2.24, 2.45) is 0 Å². The first-order valence-corrected chi connectivity index (χ1v) is 5.60. The molecule has 0 spiro atoms. The average molecular weight is 220 g/mol. The van der Waals surface area contributed by atoms with E-state index in [1.54, 1.807) is 6.07 Å². The van der Waals surface area contributed by atoms with Crippen LogP contribution in [0.5, 0.6) is 0 Å². The van der Waals surface area contributed by atoms with Crippen LogP contribution in [-0.2, 0) is 0 Å². The second-order valence-corrected chi connectivity index (χ2v) is 4.50. The quantitative estimate of drug-likeness (QED) is 0.788. The van der Waals surface area contributed by atoms with Gasteiger partial charge in [-0.05, 0) is 38.7 Å². The molecule has 2 rings (SSSR count). The van der Waals surface area contributed by atoms with E-state index in [1.807, 2.05) is 17.6 Å². The van der Waals surface area contributed by atoms with Gasteiger partial charge in [0.15, 0.2) is 0 Å². The first-order chi connectivity index (χ1) is 7.70. The molecule has 1 aliphatic heterocycles. The van der Waals surface area contributed by atoms with Gasteiger partial charge in [0.2, 0.25) is 0 Å². The minimum Gasteiger partial charge on any atom is -0.761 e. The standard InChI is InChI=1S/C12H18N3O/c1-14(2)12-6-7-15(9-12)11-5-3-4-10(8-11)13-16/h3-5,8,12-13H,6-7,9H2,1-2H3/q-1. The molecule has 4 heteroatoms. The van der Waals surface area contributed by atoms with Crippen molar-refractivity contribution in [1.82, 2.24) is 4.90 Å². The number of nitrogens with one attached hydrogen (secondary N) is 1. The van der Waals surface area contributed by atoms with Gasteiger partial charge in [-0.2, -0.15) is 0 Å². The average Bonchev–Trinajstić information content (AvgIpc) is 2.78. The van der Waals surface area contributed by atoms with Gasteiger partial charge in [0, 0.05) is 30.5 Å². The fourth-order valence-electron chi connectivity index (χ4n) is 2.16. The molecule has 1 heterocycles. The third-order valence-electron chi connectivity index (χ3n) is 3.22. The Balaban J connectivity index is 2.08. The summed E-state index contributed by atoms with van der Waals surface area (Å²) in [6, 6.07) is 8.28. The third-order valence-corrected chi connectivity index (χ3v) is 3.22. The second kappa shape index (κ2) is 4.72. The van der Waals surface area contributed by atoms with Gasteiger partial charge < -0.3 is 20.5 Å². The van der Waals surface area contributed by atoms with Crippen molar-refractivity contribution in [1.29, 1.82) is 0 Å². The summed E-state index contributed by atoms with van der Waals surface area (Å²) in [7, 11) is 4.23. The highest BCUT2D eigenvalue weighted by Crippen LogP contribution is 2.24. The van der Waals surface area contributed by atoms with Crippen LogP contribution >= 0.6 is 0 Å². The van der Waals surface area contributed by atoms with Gasteiger partial charge in [-0.15, -0.1) is 0 Å². The fraction of sp³-hybridized carbons (Fsp3) is 0.500. The predicted molar refractivity (Wildman–Crippen MR) is 67.7 cm³/mol. The molecule has 0 aromatic heterocycles. The van der Waals surface area contributed by atoms with Crippen molar-refractivity contribution in [3.05, 3.63) is 29.5 Å². The first-order valence-electron chi connectivity index (χ1n) is 5.60. The van der Waals surface area contributed by atoms with Crippen LogP contribution in [0, 0.1) is 5.21 Å². The highest BCUT2D eigenvalue weighted by molar-refractivity contribution is 5.58. The molecule has 0 bridgehead atoms. The lowest BCUT2D eigenvalue weighted by Gasteiger charge is -2.22. The van der Waals surface area contributed by atoms with Crippen molar-refractivity contribution < 1.29 is 0 Å². The van der Waals surface area contributed by atoms with Crippen LogP contribution in [-0.4, -0.2) is 38.1 Å². The molecule has 1 aliphatic rings. The van der Waals surface area contributed by atoms with E-state index in [0.29, 0.717) is 11.7 Å². The Labute approximate surface area is 96.4 Å². The summed E-state index contributed by atoms with van der Waals surface area (Å²) in [5.74, 6) is 0. The van der Waals surface area contributed by atoms with Crippen LogP contribution in [0.25, 0.3) is 0 Å². The summed E-state index contributed by atoms with van der Waals surface area (Å²) in [6.07, 6.45) is 1.18. The summed E-state index contributed by atoms with van der Waals surface area (Å²) in [5, 5.41) is 10.6. The van der Waals surface area contributed by atoms with E-state index in [-0.39, 0.29) is 0 Å². The van der Waals surface area contributed by atoms with Gasteiger partial charge in [-0.1, -0.05) is 6.07 Å². The van der Waals surface area contributed by atoms with Gasteiger partial charge in [0.25, 0.3) is 0 Å². The lowest BCUT2D eigenvalue weighted by atomic mass is 10.2. The SMILES string of the molecule is CN(C)C1CCN(c2cccc(N[O-])c2)C1. The van der Waals surface area contributed by atoms with E-state index < -0.39 is 0 Å². The zero-order valence-electron chi connectivity index (χ0n) is 9.81. The predicted octanol–water partition coefficient (Wildman–Crippen LogP) is 1.74. The number of anilines is 2. The lowest BCUT2D eigenvalue weighted by Crippen LogP contribution is -2.31. The topological polar surface area (TPSA) is 41.6 Å². The second-order valence-electron chi connectivity index (χ2n) is 4.50. The Kier molecular flexibility index (Phi) is 3.31. The maximum atomic E-state index is 10.6. The molecular formula is C12H18N3O-. The summed E-state index contributed by atoms with van der Waals surface area (Å²) < 4.78 is 0. The van der Waals surface area contributed by atoms with Gasteiger partial charge in [0.05, 0.1) is 0 Å². The van der Waals surface area contributed by atoms with Crippen LogP contribution in [0.4, 0.5) is 11.4 Å². The monoisotopic (exact) mass is 220 g/mol. The van der Waals surface area contributed by atoms with Gasteiger partial charge in [0.1, 0.15) is 0 Å². The molecule has 16 heavy (non-hydrogen) atoms. The normalized spacial score (nSPS) is 20.5. The minimum atomic E-state index is 0.615. The maximum absolute atomic E-state index is 10.6. The molecule has 1 unspecified atom stereocenters. The van der Waals surface area contributed by atoms with Crippen LogP contribution < -0.4 is 10.4 Å². The summed E-state index contributed by atoms with van der Waals surface area (Å²) in [5.41, 5.74) is 3.70. The number of benzene rings is 1. The molecule has 0 aliphatic carbocycles. The maximum Gasteiger partial charge on any atom is 0.0387 e. The number of rotatable bonds is 3. The van der Waals surface area contributed by atoms with Crippen LogP contribution in [0.15, 0.2) is 24.3 Å². The Bertz CT molecular complexity index is 354. The number of nitrogens with zero attached hydrogens (tertiary/aromatic N) is 2. The summed E-state index contributed by atoms with van der Waals surface area (Å²) >= 11 is 0. The molecule has 0 saturated carbocycles. The fourth-order valence-corrected chi connectivity index (χ4v) is 2.16. The molecule has 4 nitrogen and oxygen atoms in total. The van der Waals surface area contributed by atoms with Crippen molar-refractivity contribution in [2.45, 2.75) is 12.5 Å². The summed E-state index contributed by atoms with van der Waals surface area (Å²) in [6.45, 7) is 2.10. The van der Waals surface area contributed by atoms with Crippen molar-refractivity contribution >= 4 is 11.4 Å². The number of hydrogen-bond acceptors (Lipinski definition) is 4. The molecular weight excluding hydrogens is 202 g/mol. The lowest BCUT2D eigenvalue weighted by molar-refractivity contribution is 0.315. The Hall–Kier alpha value is -1.26. The van der Waals surface area contributed by atoms with E-state index in [2.05, 4.69) is 30.0 Å².